The Labute approximate surface area is 253 Å². The maximum atomic E-state index is 12.4. The Kier molecular flexibility index (Phi) is 18.4. The SMILES string of the molecule is CC.CC.CC.CCC.CCCC(C)(C)N(CC)c1cc(C)n(C2CC3(C2)CN(C(=O)OCc2ccccc2)C3)n1. The van der Waals surface area contributed by atoms with Gasteiger partial charge in [0.2, 0.25) is 0 Å². The van der Waals surface area contributed by atoms with Crippen molar-refractivity contribution in [3.8, 4) is 0 Å². The fourth-order valence-electron chi connectivity index (χ4n) is 5.69. The Morgan fingerprint density at radius 1 is 1.00 bits per heavy atom. The predicted octanol–water partition coefficient (Wildman–Crippen LogP) is 10.1. The first-order valence-electron chi connectivity index (χ1n) is 16.5. The molecule has 1 aromatic heterocycles. The fourth-order valence-corrected chi connectivity index (χ4v) is 5.69. The third-order valence-corrected chi connectivity index (χ3v) is 7.29. The normalized spacial score (nSPS) is 14.7. The minimum atomic E-state index is -0.197. The van der Waals surface area contributed by atoms with Crippen LogP contribution in [-0.2, 0) is 11.3 Å². The molecule has 2 heterocycles. The fraction of sp³-hybridized carbons (Fsp3) is 0.714. The van der Waals surface area contributed by atoms with Gasteiger partial charge in [-0.3, -0.25) is 4.68 Å². The van der Waals surface area contributed by atoms with Gasteiger partial charge in [0.25, 0.3) is 0 Å². The molecule has 0 unspecified atom stereocenters. The zero-order chi connectivity index (χ0) is 31.6. The standard InChI is InChI=1S/C26H38N4O2.C3H8.3C2H6/c1-6-13-25(4,5)29(7-2)23-14-20(3)30(27-23)22-15-26(16-22)18-28(19-26)24(31)32-17-21-11-9-8-10-12-21;1-3-2;3*1-2/h8-12,14,22H,6-7,13,15-19H2,1-5H3;3H2,1-2H3;3*1-2H3. The van der Waals surface area contributed by atoms with Gasteiger partial charge in [-0.15, -0.1) is 0 Å². The minimum absolute atomic E-state index is 0.102. The molecule has 1 saturated carbocycles. The van der Waals surface area contributed by atoms with Crippen molar-refractivity contribution in [1.29, 1.82) is 0 Å². The number of hydrogen-bond donors (Lipinski definition) is 0. The molecule has 2 aliphatic rings. The van der Waals surface area contributed by atoms with Crippen molar-refractivity contribution < 1.29 is 9.53 Å². The summed E-state index contributed by atoms with van der Waals surface area (Å²) in [5.41, 5.74) is 2.60. The van der Waals surface area contributed by atoms with E-state index in [0.29, 0.717) is 12.6 Å². The lowest BCUT2D eigenvalue weighted by Gasteiger charge is -2.58. The summed E-state index contributed by atoms with van der Waals surface area (Å²) in [6, 6.07) is 12.5. The summed E-state index contributed by atoms with van der Waals surface area (Å²) < 4.78 is 7.71. The van der Waals surface area contributed by atoms with Gasteiger partial charge in [-0.05, 0) is 52.5 Å². The van der Waals surface area contributed by atoms with E-state index in [0.717, 1.165) is 50.3 Å². The first-order valence-corrected chi connectivity index (χ1v) is 16.5. The van der Waals surface area contributed by atoms with Crippen LogP contribution >= 0.6 is 0 Å². The molecule has 41 heavy (non-hydrogen) atoms. The summed E-state index contributed by atoms with van der Waals surface area (Å²) in [6.07, 6.45) is 5.54. The summed E-state index contributed by atoms with van der Waals surface area (Å²) in [7, 11) is 0. The lowest BCUT2D eigenvalue weighted by molar-refractivity contribution is -0.0834. The van der Waals surface area contributed by atoms with Crippen LogP contribution in [0.2, 0.25) is 0 Å². The van der Waals surface area contributed by atoms with Crippen molar-refractivity contribution in [2.45, 2.75) is 140 Å². The Bertz CT molecular complexity index is 940. The molecule has 2 aromatic rings. The summed E-state index contributed by atoms with van der Waals surface area (Å²) >= 11 is 0. The molecule has 1 aromatic carbocycles. The van der Waals surface area contributed by atoms with E-state index < -0.39 is 0 Å². The highest BCUT2D eigenvalue weighted by Gasteiger charge is 2.55. The lowest BCUT2D eigenvalue weighted by Crippen LogP contribution is -2.64. The van der Waals surface area contributed by atoms with Crippen LogP contribution in [0, 0.1) is 12.3 Å². The smallest absolute Gasteiger partial charge is 0.410 e. The predicted molar refractivity (Wildman–Crippen MR) is 178 cm³/mol. The van der Waals surface area contributed by atoms with Crippen LogP contribution in [0.1, 0.15) is 132 Å². The lowest BCUT2D eigenvalue weighted by atomic mass is 9.61. The molecular formula is C35H64N4O2. The zero-order valence-corrected chi connectivity index (χ0v) is 29.0. The van der Waals surface area contributed by atoms with E-state index in [1.807, 2.05) is 76.8 Å². The molecule has 1 spiro atoms. The highest BCUT2D eigenvalue weighted by molar-refractivity contribution is 5.69. The highest BCUT2D eigenvalue weighted by atomic mass is 16.6. The van der Waals surface area contributed by atoms with E-state index in [-0.39, 0.29) is 17.0 Å². The molecule has 1 saturated heterocycles. The molecule has 6 nitrogen and oxygen atoms in total. The van der Waals surface area contributed by atoms with Gasteiger partial charge < -0.3 is 14.5 Å². The molecule has 0 N–H and O–H groups in total. The number of carbonyl (C=O) groups is 1. The van der Waals surface area contributed by atoms with Crippen LogP contribution in [0.15, 0.2) is 36.4 Å². The molecule has 0 bridgehead atoms. The number of aromatic nitrogens is 2. The van der Waals surface area contributed by atoms with Gasteiger partial charge in [0, 0.05) is 42.3 Å². The van der Waals surface area contributed by atoms with Crippen molar-refractivity contribution in [2.24, 2.45) is 5.41 Å². The Hall–Kier alpha value is -2.50. The van der Waals surface area contributed by atoms with E-state index >= 15 is 0 Å². The van der Waals surface area contributed by atoms with Crippen molar-refractivity contribution in [1.82, 2.24) is 14.7 Å². The topological polar surface area (TPSA) is 50.6 Å². The highest BCUT2D eigenvalue weighted by Crippen LogP contribution is 2.54. The van der Waals surface area contributed by atoms with Gasteiger partial charge in [0.1, 0.15) is 6.61 Å². The number of carbonyl (C=O) groups excluding carboxylic acids is 1. The molecule has 1 aliphatic heterocycles. The first kappa shape index (κ1) is 38.5. The maximum absolute atomic E-state index is 12.4. The zero-order valence-electron chi connectivity index (χ0n) is 29.0. The van der Waals surface area contributed by atoms with Crippen LogP contribution in [0.25, 0.3) is 0 Å². The Morgan fingerprint density at radius 3 is 2.02 bits per heavy atom. The maximum Gasteiger partial charge on any atom is 0.410 e. The average Bonchev–Trinajstić information content (AvgIpc) is 3.30. The summed E-state index contributed by atoms with van der Waals surface area (Å²) in [4.78, 5) is 16.6. The van der Waals surface area contributed by atoms with Crippen LogP contribution in [0.4, 0.5) is 10.6 Å². The van der Waals surface area contributed by atoms with Gasteiger partial charge in [-0.2, -0.15) is 5.10 Å². The van der Waals surface area contributed by atoms with Crippen molar-refractivity contribution in [3.63, 3.8) is 0 Å². The second-order valence-electron chi connectivity index (χ2n) is 11.1. The van der Waals surface area contributed by atoms with Crippen LogP contribution < -0.4 is 4.90 Å². The molecule has 6 heteroatoms. The number of amides is 1. The number of benzene rings is 1. The molecule has 1 amide bonds. The van der Waals surface area contributed by atoms with E-state index in [1.165, 1.54) is 18.5 Å². The average molecular weight is 573 g/mol. The third kappa shape index (κ3) is 10.7. The van der Waals surface area contributed by atoms with Gasteiger partial charge in [0.05, 0.1) is 6.04 Å². The minimum Gasteiger partial charge on any atom is -0.445 e. The van der Waals surface area contributed by atoms with Crippen molar-refractivity contribution >= 4 is 11.9 Å². The molecule has 2 fully saturated rings. The van der Waals surface area contributed by atoms with E-state index in [2.05, 4.69) is 64.1 Å². The quantitative estimate of drug-likeness (QED) is 0.316. The van der Waals surface area contributed by atoms with E-state index in [1.54, 1.807) is 0 Å². The van der Waals surface area contributed by atoms with Crippen molar-refractivity contribution in [2.75, 3.05) is 24.5 Å². The number of rotatable bonds is 8. The molecule has 0 atom stereocenters. The number of hydrogen-bond acceptors (Lipinski definition) is 4. The summed E-state index contributed by atoms with van der Waals surface area (Å²) in [5.74, 6) is 1.09. The molecular weight excluding hydrogens is 508 g/mol. The monoisotopic (exact) mass is 573 g/mol. The number of ether oxygens (including phenoxy) is 1. The molecule has 236 valence electrons. The summed E-state index contributed by atoms with van der Waals surface area (Å²) in [5, 5.41) is 5.03. The second kappa shape index (κ2) is 19.6. The third-order valence-electron chi connectivity index (χ3n) is 7.29. The largest absolute Gasteiger partial charge is 0.445 e. The van der Waals surface area contributed by atoms with Gasteiger partial charge >= 0.3 is 6.09 Å². The van der Waals surface area contributed by atoms with Crippen LogP contribution in [-0.4, -0.2) is 45.9 Å². The molecule has 4 rings (SSSR count). The Morgan fingerprint density at radius 2 is 1.54 bits per heavy atom. The number of nitrogens with zero attached hydrogens (tertiary/aromatic N) is 4. The molecule has 0 radical (unpaired) electrons. The van der Waals surface area contributed by atoms with Gasteiger partial charge in [-0.1, -0.05) is 105 Å². The number of likely N-dealkylation sites (tertiary alicyclic amines) is 1. The number of aryl methyl sites for hydroxylation is 1. The van der Waals surface area contributed by atoms with Crippen LogP contribution in [0.3, 0.4) is 0 Å². The van der Waals surface area contributed by atoms with Crippen molar-refractivity contribution in [3.05, 3.63) is 47.7 Å². The number of anilines is 1. The van der Waals surface area contributed by atoms with Gasteiger partial charge in [-0.25, -0.2) is 4.79 Å². The Balaban J connectivity index is 0.00000161. The molecule has 1 aliphatic carbocycles. The van der Waals surface area contributed by atoms with Gasteiger partial charge in [0.15, 0.2) is 5.82 Å². The van der Waals surface area contributed by atoms with E-state index in [9.17, 15) is 4.79 Å². The van der Waals surface area contributed by atoms with E-state index in [4.69, 9.17) is 9.84 Å². The first-order chi connectivity index (χ1) is 19.7. The second-order valence-corrected chi connectivity index (χ2v) is 11.1. The summed E-state index contributed by atoms with van der Waals surface area (Å²) in [6.45, 7) is 30.4. The van der Waals surface area contributed by atoms with Crippen LogP contribution in [0.5, 0.6) is 0 Å².